The lowest BCUT2D eigenvalue weighted by Crippen LogP contribution is -2.28. The number of hydrogen-bond donors (Lipinski definition) is 2. The molecule has 1 heterocycles. The monoisotopic (exact) mass is 304 g/mol. The summed E-state index contributed by atoms with van der Waals surface area (Å²) in [7, 11) is 0. The topological polar surface area (TPSA) is 54.1 Å². The lowest BCUT2D eigenvalue weighted by Gasteiger charge is -2.10. The summed E-state index contributed by atoms with van der Waals surface area (Å²) < 4.78 is 18.5. The molecule has 3 rings (SSSR count). The van der Waals surface area contributed by atoms with Crippen molar-refractivity contribution in [1.82, 2.24) is 10.3 Å². The highest BCUT2D eigenvalue weighted by Crippen LogP contribution is 2.24. The van der Waals surface area contributed by atoms with Gasteiger partial charge < -0.3 is 15.0 Å². The first-order valence-corrected chi connectivity index (χ1v) is 7.88. The van der Waals surface area contributed by atoms with Crippen LogP contribution in [0, 0.1) is 11.7 Å². The molecule has 1 fully saturated rings. The third-order valence-corrected chi connectivity index (χ3v) is 4.32. The van der Waals surface area contributed by atoms with Crippen molar-refractivity contribution in [3.05, 3.63) is 35.8 Å². The molecule has 0 radical (unpaired) electrons. The molecule has 0 bridgehead atoms. The zero-order chi connectivity index (χ0) is 15.4. The minimum absolute atomic E-state index is 0.253. The van der Waals surface area contributed by atoms with Gasteiger partial charge in [-0.2, -0.15) is 0 Å². The molecule has 1 saturated carbocycles. The molecule has 22 heavy (non-hydrogen) atoms. The van der Waals surface area contributed by atoms with Gasteiger partial charge in [0.05, 0.1) is 6.61 Å². The zero-order valence-corrected chi connectivity index (χ0v) is 12.5. The molecule has 1 aromatic carbocycles. The second kappa shape index (κ2) is 6.81. The third-order valence-electron chi connectivity index (χ3n) is 4.32. The van der Waals surface area contributed by atoms with E-state index in [1.54, 1.807) is 6.07 Å². The molecule has 0 aliphatic heterocycles. The number of hydrogen-bond acceptors (Lipinski definition) is 2. The van der Waals surface area contributed by atoms with Crippen molar-refractivity contribution in [1.29, 1.82) is 0 Å². The molecule has 5 heteroatoms. The van der Waals surface area contributed by atoms with Crippen molar-refractivity contribution >= 4 is 17.0 Å². The Labute approximate surface area is 129 Å². The van der Waals surface area contributed by atoms with Gasteiger partial charge in [0, 0.05) is 23.6 Å². The van der Waals surface area contributed by atoms with E-state index in [-0.39, 0.29) is 11.9 Å². The number of aromatic nitrogens is 1. The van der Waals surface area contributed by atoms with Gasteiger partial charge in [0.25, 0.3) is 0 Å². The summed E-state index contributed by atoms with van der Waals surface area (Å²) >= 11 is 0. The molecule has 1 amide bonds. The number of H-pyrrole nitrogens is 1. The van der Waals surface area contributed by atoms with E-state index in [4.69, 9.17) is 4.74 Å². The number of amides is 1. The molecule has 1 aromatic heterocycles. The quantitative estimate of drug-likeness (QED) is 0.883. The summed E-state index contributed by atoms with van der Waals surface area (Å²) in [6.07, 6.45) is 6.94. The first-order chi connectivity index (χ1) is 10.7. The summed E-state index contributed by atoms with van der Waals surface area (Å²) in [6, 6.07) is 4.66. The highest BCUT2D eigenvalue weighted by atomic mass is 19.1. The van der Waals surface area contributed by atoms with Crippen LogP contribution in [0.25, 0.3) is 10.9 Å². The SMILES string of the molecule is O=C(NCCc1c[nH]c2ccc(F)cc12)OCC1CCCC1. The Kier molecular flexibility index (Phi) is 4.61. The minimum Gasteiger partial charge on any atom is -0.449 e. The first kappa shape index (κ1) is 14.9. The van der Waals surface area contributed by atoms with Gasteiger partial charge in [-0.25, -0.2) is 9.18 Å². The molecule has 0 atom stereocenters. The van der Waals surface area contributed by atoms with Gasteiger partial charge in [0.15, 0.2) is 0 Å². The van der Waals surface area contributed by atoms with E-state index in [0.29, 0.717) is 25.5 Å². The van der Waals surface area contributed by atoms with E-state index in [9.17, 15) is 9.18 Å². The molecule has 2 N–H and O–H groups in total. The Morgan fingerprint density at radius 1 is 1.36 bits per heavy atom. The fraction of sp³-hybridized carbons (Fsp3) is 0.471. The van der Waals surface area contributed by atoms with Crippen LogP contribution in [0.4, 0.5) is 9.18 Å². The van der Waals surface area contributed by atoms with E-state index in [1.807, 2.05) is 6.20 Å². The van der Waals surface area contributed by atoms with Crippen LogP contribution in [0.2, 0.25) is 0 Å². The Balaban J connectivity index is 1.45. The Morgan fingerprint density at radius 2 is 2.18 bits per heavy atom. The number of fused-ring (bicyclic) bond motifs is 1. The number of aromatic amines is 1. The molecule has 118 valence electrons. The second-order valence-electron chi connectivity index (χ2n) is 5.93. The first-order valence-electron chi connectivity index (χ1n) is 7.88. The van der Waals surface area contributed by atoms with Crippen molar-refractivity contribution in [2.24, 2.45) is 5.92 Å². The van der Waals surface area contributed by atoms with Crippen LogP contribution < -0.4 is 5.32 Å². The summed E-state index contributed by atoms with van der Waals surface area (Å²) in [5.41, 5.74) is 1.89. The average Bonchev–Trinajstić information content (AvgIpc) is 3.15. The van der Waals surface area contributed by atoms with Crippen LogP contribution >= 0.6 is 0 Å². The number of alkyl carbamates (subject to hydrolysis) is 1. The fourth-order valence-electron chi connectivity index (χ4n) is 3.08. The number of halogens is 1. The maximum Gasteiger partial charge on any atom is 0.407 e. The average molecular weight is 304 g/mol. The van der Waals surface area contributed by atoms with Crippen LogP contribution in [-0.4, -0.2) is 24.2 Å². The number of rotatable bonds is 5. The molecular weight excluding hydrogens is 283 g/mol. The van der Waals surface area contributed by atoms with Crippen LogP contribution in [0.5, 0.6) is 0 Å². The molecule has 0 saturated heterocycles. The van der Waals surface area contributed by atoms with Crippen molar-refractivity contribution in [3.8, 4) is 0 Å². The number of carbonyl (C=O) groups excluding carboxylic acids is 1. The van der Waals surface area contributed by atoms with E-state index < -0.39 is 0 Å². The zero-order valence-electron chi connectivity index (χ0n) is 12.5. The van der Waals surface area contributed by atoms with Crippen LogP contribution in [-0.2, 0) is 11.2 Å². The molecule has 2 aromatic rings. The predicted octanol–water partition coefficient (Wildman–Crippen LogP) is 3.77. The van der Waals surface area contributed by atoms with Crippen molar-refractivity contribution in [3.63, 3.8) is 0 Å². The minimum atomic E-state index is -0.363. The highest BCUT2D eigenvalue weighted by Gasteiger charge is 2.16. The van der Waals surface area contributed by atoms with E-state index in [1.165, 1.54) is 25.0 Å². The molecule has 1 aliphatic carbocycles. The van der Waals surface area contributed by atoms with E-state index >= 15 is 0 Å². The van der Waals surface area contributed by atoms with Crippen molar-refractivity contribution < 1.29 is 13.9 Å². The number of carbonyl (C=O) groups is 1. The Hall–Kier alpha value is -2.04. The number of benzene rings is 1. The van der Waals surface area contributed by atoms with Crippen LogP contribution in [0.3, 0.4) is 0 Å². The molecule has 0 unspecified atom stereocenters. The summed E-state index contributed by atoms with van der Waals surface area (Å²) in [5.74, 6) is 0.277. The van der Waals surface area contributed by atoms with Gasteiger partial charge in [-0.3, -0.25) is 0 Å². The van der Waals surface area contributed by atoms with Gasteiger partial charge in [-0.15, -0.1) is 0 Å². The summed E-state index contributed by atoms with van der Waals surface area (Å²) in [5, 5.41) is 3.62. The maximum absolute atomic E-state index is 13.3. The van der Waals surface area contributed by atoms with Gasteiger partial charge in [-0.05, 0) is 48.9 Å². The van der Waals surface area contributed by atoms with Gasteiger partial charge in [0.2, 0.25) is 0 Å². The molecular formula is C17H21FN2O2. The predicted molar refractivity (Wildman–Crippen MR) is 83.3 cm³/mol. The van der Waals surface area contributed by atoms with Gasteiger partial charge in [-0.1, -0.05) is 12.8 Å². The second-order valence-corrected chi connectivity index (χ2v) is 5.93. The van der Waals surface area contributed by atoms with E-state index in [2.05, 4.69) is 10.3 Å². The van der Waals surface area contributed by atoms with Gasteiger partial charge in [0.1, 0.15) is 5.82 Å². The largest absolute Gasteiger partial charge is 0.449 e. The normalized spacial score (nSPS) is 15.3. The van der Waals surface area contributed by atoms with Crippen LogP contribution in [0.15, 0.2) is 24.4 Å². The smallest absolute Gasteiger partial charge is 0.407 e. The standard InChI is InChI=1S/C17H21FN2O2/c18-14-5-6-16-15(9-14)13(10-20-16)7-8-19-17(21)22-11-12-3-1-2-4-12/h5-6,9-10,12,20H,1-4,7-8,11H2,(H,19,21). The van der Waals surface area contributed by atoms with Crippen LogP contribution in [0.1, 0.15) is 31.2 Å². The lowest BCUT2D eigenvalue weighted by atomic mass is 10.1. The summed E-state index contributed by atoms with van der Waals surface area (Å²) in [4.78, 5) is 14.7. The third kappa shape index (κ3) is 3.59. The van der Waals surface area contributed by atoms with Gasteiger partial charge >= 0.3 is 6.09 Å². The lowest BCUT2D eigenvalue weighted by molar-refractivity contribution is 0.128. The highest BCUT2D eigenvalue weighted by molar-refractivity contribution is 5.83. The molecule has 4 nitrogen and oxygen atoms in total. The fourth-order valence-corrected chi connectivity index (χ4v) is 3.08. The number of nitrogens with one attached hydrogen (secondary N) is 2. The van der Waals surface area contributed by atoms with Crippen molar-refractivity contribution in [2.45, 2.75) is 32.1 Å². The maximum atomic E-state index is 13.3. The van der Waals surface area contributed by atoms with E-state index in [0.717, 1.165) is 29.3 Å². The Bertz CT molecular complexity index is 647. The van der Waals surface area contributed by atoms with Crippen molar-refractivity contribution in [2.75, 3.05) is 13.2 Å². The molecule has 0 spiro atoms. The Morgan fingerprint density at radius 3 is 3.00 bits per heavy atom. The summed E-state index contributed by atoms with van der Waals surface area (Å²) in [6.45, 7) is 0.997. The number of ether oxygens (including phenoxy) is 1. The molecule has 1 aliphatic rings.